The minimum atomic E-state index is -0.441. The van der Waals surface area contributed by atoms with Crippen LogP contribution in [0.1, 0.15) is 25.0 Å². The summed E-state index contributed by atoms with van der Waals surface area (Å²) in [5.74, 6) is 0.153. The van der Waals surface area contributed by atoms with E-state index in [2.05, 4.69) is 0 Å². The number of carbonyl (C=O) groups is 1. The van der Waals surface area contributed by atoms with Gasteiger partial charge in [-0.1, -0.05) is 41.9 Å². The minimum absolute atomic E-state index is 0.0176. The Labute approximate surface area is 168 Å². The van der Waals surface area contributed by atoms with Gasteiger partial charge in [0.15, 0.2) is 6.61 Å². The molecule has 28 heavy (non-hydrogen) atoms. The van der Waals surface area contributed by atoms with Crippen molar-refractivity contribution in [3.8, 4) is 5.75 Å². The average molecular weight is 400 g/mol. The molecule has 0 bridgehead atoms. The van der Waals surface area contributed by atoms with Gasteiger partial charge in [-0.15, -0.1) is 0 Å². The molecule has 3 aromatic rings. The highest BCUT2D eigenvalue weighted by Gasteiger charge is 2.19. The number of amides is 1. The van der Waals surface area contributed by atoms with Crippen LogP contribution in [-0.2, 0) is 11.3 Å². The standard InChI is InChI=1S/C22H22ClNO4/c1-14(2)24(12-16-7-5-4-6-8-16)21(25)13-27-20-11-19-17(10-18(20)23)15(3)9-22(26)28-19/h4-11,14H,12-13H2,1-3H3. The van der Waals surface area contributed by atoms with E-state index in [-0.39, 0.29) is 18.6 Å². The number of hydrogen-bond acceptors (Lipinski definition) is 4. The molecule has 5 nitrogen and oxygen atoms in total. The molecule has 0 spiro atoms. The summed E-state index contributed by atoms with van der Waals surface area (Å²) in [5, 5.41) is 1.09. The maximum absolute atomic E-state index is 12.7. The molecule has 0 aliphatic heterocycles. The second-order valence-electron chi connectivity index (χ2n) is 6.92. The third-order valence-electron chi connectivity index (χ3n) is 4.49. The molecule has 0 atom stereocenters. The lowest BCUT2D eigenvalue weighted by Crippen LogP contribution is -2.39. The first-order valence-corrected chi connectivity index (χ1v) is 9.43. The van der Waals surface area contributed by atoms with Crippen LogP contribution in [0.2, 0.25) is 5.02 Å². The Balaban J connectivity index is 1.77. The average Bonchev–Trinajstić information content (AvgIpc) is 2.65. The Bertz CT molecular complexity index is 1040. The van der Waals surface area contributed by atoms with Crippen molar-refractivity contribution in [2.45, 2.75) is 33.4 Å². The molecule has 0 fully saturated rings. The third-order valence-corrected chi connectivity index (χ3v) is 4.79. The van der Waals surface area contributed by atoms with E-state index < -0.39 is 5.63 Å². The number of ether oxygens (including phenoxy) is 1. The Hall–Kier alpha value is -2.79. The van der Waals surface area contributed by atoms with Crippen molar-refractivity contribution < 1.29 is 13.9 Å². The fourth-order valence-electron chi connectivity index (χ4n) is 2.99. The number of carbonyl (C=O) groups excluding carboxylic acids is 1. The van der Waals surface area contributed by atoms with Gasteiger partial charge < -0.3 is 14.1 Å². The van der Waals surface area contributed by atoms with Crippen LogP contribution in [0.4, 0.5) is 0 Å². The predicted octanol–water partition coefficient (Wildman–Crippen LogP) is 4.57. The fraction of sp³-hybridized carbons (Fsp3) is 0.273. The first-order valence-electron chi connectivity index (χ1n) is 9.05. The van der Waals surface area contributed by atoms with Crippen molar-refractivity contribution in [2.75, 3.05) is 6.61 Å². The Morgan fingerprint density at radius 2 is 1.89 bits per heavy atom. The van der Waals surface area contributed by atoms with Crippen molar-refractivity contribution in [1.29, 1.82) is 0 Å². The number of rotatable bonds is 6. The summed E-state index contributed by atoms with van der Waals surface area (Å²) in [6, 6.07) is 14.4. The van der Waals surface area contributed by atoms with Gasteiger partial charge in [0.05, 0.1) is 5.02 Å². The van der Waals surface area contributed by atoms with E-state index in [0.29, 0.717) is 22.9 Å². The molecular weight excluding hydrogens is 378 g/mol. The molecule has 6 heteroatoms. The molecule has 0 aliphatic rings. The van der Waals surface area contributed by atoms with Crippen molar-refractivity contribution in [3.63, 3.8) is 0 Å². The molecule has 1 aromatic heterocycles. The van der Waals surface area contributed by atoms with Gasteiger partial charge in [0.2, 0.25) is 0 Å². The van der Waals surface area contributed by atoms with Crippen LogP contribution in [0.3, 0.4) is 0 Å². The first kappa shape index (κ1) is 20.0. The molecule has 0 aliphatic carbocycles. The zero-order valence-electron chi connectivity index (χ0n) is 16.1. The van der Waals surface area contributed by atoms with E-state index in [1.165, 1.54) is 6.07 Å². The molecule has 3 rings (SSSR count). The molecule has 1 amide bonds. The van der Waals surface area contributed by atoms with Crippen molar-refractivity contribution >= 4 is 28.5 Å². The van der Waals surface area contributed by atoms with Gasteiger partial charge in [-0.2, -0.15) is 0 Å². The fourth-order valence-corrected chi connectivity index (χ4v) is 3.21. The summed E-state index contributed by atoms with van der Waals surface area (Å²) < 4.78 is 10.9. The molecule has 0 radical (unpaired) electrons. The van der Waals surface area contributed by atoms with E-state index in [0.717, 1.165) is 16.5 Å². The van der Waals surface area contributed by atoms with Crippen molar-refractivity contribution in [1.82, 2.24) is 4.90 Å². The third kappa shape index (κ3) is 4.54. The molecule has 2 aromatic carbocycles. The van der Waals surface area contributed by atoms with E-state index in [1.54, 1.807) is 17.0 Å². The van der Waals surface area contributed by atoms with Gasteiger partial charge in [-0.3, -0.25) is 4.79 Å². The van der Waals surface area contributed by atoms with Crippen molar-refractivity contribution in [3.05, 3.63) is 75.1 Å². The molecule has 146 valence electrons. The topological polar surface area (TPSA) is 59.8 Å². The second kappa shape index (κ2) is 8.48. The molecule has 1 heterocycles. The van der Waals surface area contributed by atoms with Crippen LogP contribution in [0.15, 0.2) is 57.7 Å². The molecular formula is C22H22ClNO4. The van der Waals surface area contributed by atoms with Gasteiger partial charge in [0.1, 0.15) is 11.3 Å². The zero-order chi connectivity index (χ0) is 20.3. The summed E-state index contributed by atoms with van der Waals surface area (Å²) in [5.41, 5.74) is 1.75. The highest BCUT2D eigenvalue weighted by Crippen LogP contribution is 2.31. The van der Waals surface area contributed by atoms with Crippen molar-refractivity contribution in [2.24, 2.45) is 0 Å². The number of benzene rings is 2. The van der Waals surface area contributed by atoms with Gasteiger partial charge in [0, 0.05) is 30.1 Å². The lowest BCUT2D eigenvalue weighted by Gasteiger charge is -2.27. The summed E-state index contributed by atoms with van der Waals surface area (Å²) in [7, 11) is 0. The molecule has 0 unspecified atom stereocenters. The number of nitrogens with zero attached hydrogens (tertiary/aromatic N) is 1. The van der Waals surface area contributed by atoms with Crippen LogP contribution in [-0.4, -0.2) is 23.5 Å². The van der Waals surface area contributed by atoms with E-state index in [4.69, 9.17) is 20.8 Å². The Kier molecular flexibility index (Phi) is 6.05. The van der Waals surface area contributed by atoms with Gasteiger partial charge >= 0.3 is 5.63 Å². The minimum Gasteiger partial charge on any atom is -0.482 e. The van der Waals surface area contributed by atoms with Crippen LogP contribution in [0.5, 0.6) is 5.75 Å². The number of aryl methyl sites for hydroxylation is 1. The van der Waals surface area contributed by atoms with Crippen LogP contribution in [0, 0.1) is 6.92 Å². The molecule has 0 saturated heterocycles. The summed E-state index contributed by atoms with van der Waals surface area (Å²) in [4.78, 5) is 26.1. The predicted molar refractivity (Wildman–Crippen MR) is 110 cm³/mol. The van der Waals surface area contributed by atoms with E-state index in [1.807, 2.05) is 51.1 Å². The number of fused-ring (bicyclic) bond motifs is 1. The van der Waals surface area contributed by atoms with Gasteiger partial charge in [-0.25, -0.2) is 4.79 Å². The lowest BCUT2D eigenvalue weighted by atomic mass is 10.1. The van der Waals surface area contributed by atoms with Gasteiger partial charge in [0.25, 0.3) is 5.91 Å². The Morgan fingerprint density at radius 3 is 2.57 bits per heavy atom. The monoisotopic (exact) mass is 399 g/mol. The smallest absolute Gasteiger partial charge is 0.336 e. The first-order chi connectivity index (χ1) is 13.3. The highest BCUT2D eigenvalue weighted by molar-refractivity contribution is 6.32. The molecule has 0 saturated carbocycles. The summed E-state index contributed by atoms with van der Waals surface area (Å²) in [6.07, 6.45) is 0. The number of hydrogen-bond donors (Lipinski definition) is 0. The van der Waals surface area contributed by atoms with Crippen LogP contribution in [0.25, 0.3) is 11.0 Å². The largest absolute Gasteiger partial charge is 0.482 e. The highest BCUT2D eigenvalue weighted by atomic mass is 35.5. The lowest BCUT2D eigenvalue weighted by molar-refractivity contribution is -0.135. The summed E-state index contributed by atoms with van der Waals surface area (Å²) in [6.45, 7) is 6.07. The zero-order valence-corrected chi connectivity index (χ0v) is 16.8. The van der Waals surface area contributed by atoms with Crippen LogP contribution >= 0.6 is 11.6 Å². The SMILES string of the molecule is Cc1cc(=O)oc2cc(OCC(=O)N(Cc3ccccc3)C(C)C)c(Cl)cc12. The normalized spacial score (nSPS) is 11.0. The van der Waals surface area contributed by atoms with Gasteiger partial charge in [-0.05, 0) is 38.0 Å². The van der Waals surface area contributed by atoms with E-state index >= 15 is 0 Å². The summed E-state index contributed by atoms with van der Waals surface area (Å²) >= 11 is 6.30. The second-order valence-corrected chi connectivity index (χ2v) is 7.32. The van der Waals surface area contributed by atoms with Crippen LogP contribution < -0.4 is 10.4 Å². The quantitative estimate of drug-likeness (QED) is 0.569. The maximum Gasteiger partial charge on any atom is 0.336 e. The molecule has 0 N–H and O–H groups in total. The maximum atomic E-state index is 12.7. The number of halogens is 1. The Morgan fingerprint density at radius 1 is 1.18 bits per heavy atom. The van der Waals surface area contributed by atoms with E-state index in [9.17, 15) is 9.59 Å².